The highest BCUT2D eigenvalue weighted by molar-refractivity contribution is 7.85. The van der Waals surface area contributed by atoms with Gasteiger partial charge in [0.15, 0.2) is 0 Å². The molecule has 2 N–H and O–H groups in total. The highest BCUT2D eigenvalue weighted by Gasteiger charge is 2.27. The van der Waals surface area contributed by atoms with E-state index in [1.54, 1.807) is 24.3 Å². The lowest BCUT2D eigenvalue weighted by molar-refractivity contribution is 0.0828. The Morgan fingerprint density at radius 3 is 2.52 bits per heavy atom. The zero-order valence-corrected chi connectivity index (χ0v) is 19.8. The molecule has 1 fully saturated rings. The average Bonchev–Trinajstić information content (AvgIpc) is 3.29. The van der Waals surface area contributed by atoms with Crippen molar-refractivity contribution in [1.29, 1.82) is 0 Å². The van der Waals surface area contributed by atoms with Gasteiger partial charge in [-0.1, -0.05) is 48.0 Å². The minimum Gasteiger partial charge on any atom is -0.489 e. The Kier molecular flexibility index (Phi) is 8.96. The Bertz CT molecular complexity index is 1030. The number of nitrogens with one attached hydrogen (secondary N) is 1. The van der Waals surface area contributed by atoms with Crippen molar-refractivity contribution >= 4 is 27.8 Å². The first-order valence-corrected chi connectivity index (χ1v) is 12.9. The summed E-state index contributed by atoms with van der Waals surface area (Å²) in [4.78, 5) is 12.3. The maximum Gasteiger partial charge on any atom is 0.407 e. The average molecular weight is 498 g/mol. The molecule has 1 aliphatic rings. The Morgan fingerprint density at radius 2 is 1.88 bits per heavy atom. The highest BCUT2D eigenvalue weighted by Crippen LogP contribution is 2.32. The topological polar surface area (TPSA) is 111 Å². The molecule has 0 bridgehead atoms. The van der Waals surface area contributed by atoms with Crippen LogP contribution in [0.5, 0.6) is 5.75 Å². The van der Waals surface area contributed by atoms with Gasteiger partial charge in [-0.2, -0.15) is 8.42 Å². The standard InChI is InChI=1S/C23H28ClNO7S/c1-33(28,29)31-15-20(25-23(27)30-14-16-7-3-2-4-8-16)22(26)17-11-12-21(19(24)13-17)32-18-9-5-6-10-18/h2-4,7-8,11-13,18,20,22,26H,5-6,9-10,14-15H2,1H3,(H,25,27)/t20-,22-/m1/s1. The lowest BCUT2D eigenvalue weighted by atomic mass is 10.0. The fourth-order valence-electron chi connectivity index (χ4n) is 3.54. The summed E-state index contributed by atoms with van der Waals surface area (Å²) in [6, 6.07) is 12.7. The molecule has 0 unspecified atom stereocenters. The maximum absolute atomic E-state index is 12.3. The third-order valence-corrected chi connectivity index (χ3v) is 6.11. The summed E-state index contributed by atoms with van der Waals surface area (Å²) in [5.74, 6) is 0.513. The summed E-state index contributed by atoms with van der Waals surface area (Å²) in [5, 5.41) is 13.7. The van der Waals surface area contributed by atoms with Crippen LogP contribution >= 0.6 is 11.6 Å². The van der Waals surface area contributed by atoms with Crippen molar-refractivity contribution < 1.29 is 32.0 Å². The van der Waals surface area contributed by atoms with Crippen molar-refractivity contribution in [3.05, 3.63) is 64.7 Å². The summed E-state index contributed by atoms with van der Waals surface area (Å²) in [5.41, 5.74) is 1.14. The van der Waals surface area contributed by atoms with Gasteiger partial charge < -0.3 is 19.9 Å². The van der Waals surface area contributed by atoms with Crippen molar-refractivity contribution in [3.8, 4) is 5.75 Å². The molecule has 0 heterocycles. The monoisotopic (exact) mass is 497 g/mol. The van der Waals surface area contributed by atoms with Gasteiger partial charge in [-0.15, -0.1) is 0 Å². The van der Waals surface area contributed by atoms with Crippen LogP contribution in [0.25, 0.3) is 0 Å². The van der Waals surface area contributed by atoms with Crippen LogP contribution in [0.4, 0.5) is 4.79 Å². The predicted molar refractivity (Wildman–Crippen MR) is 124 cm³/mol. The Hall–Kier alpha value is -2.33. The number of carbonyl (C=O) groups is 1. The van der Waals surface area contributed by atoms with Crippen LogP contribution in [0.3, 0.4) is 0 Å². The van der Waals surface area contributed by atoms with Crippen LogP contribution < -0.4 is 10.1 Å². The van der Waals surface area contributed by atoms with Gasteiger partial charge in [-0.3, -0.25) is 4.18 Å². The van der Waals surface area contributed by atoms with E-state index in [0.29, 0.717) is 16.3 Å². The van der Waals surface area contributed by atoms with Gasteiger partial charge >= 0.3 is 6.09 Å². The summed E-state index contributed by atoms with van der Waals surface area (Å²) in [6.07, 6.45) is 3.05. The van der Waals surface area contributed by atoms with Crippen molar-refractivity contribution in [2.75, 3.05) is 12.9 Å². The molecular formula is C23H28ClNO7S. The maximum atomic E-state index is 12.3. The highest BCUT2D eigenvalue weighted by atomic mass is 35.5. The normalized spacial score (nSPS) is 16.2. The zero-order chi connectivity index (χ0) is 23.8. The number of hydrogen-bond acceptors (Lipinski definition) is 7. The number of amides is 1. The van der Waals surface area contributed by atoms with Crippen LogP contribution in [0.15, 0.2) is 48.5 Å². The van der Waals surface area contributed by atoms with Crippen molar-refractivity contribution in [3.63, 3.8) is 0 Å². The first-order valence-electron chi connectivity index (χ1n) is 10.7. The van der Waals surface area contributed by atoms with Gasteiger partial charge in [-0.05, 0) is 48.9 Å². The lowest BCUT2D eigenvalue weighted by Gasteiger charge is -2.24. The molecule has 10 heteroatoms. The Balaban J connectivity index is 1.67. The van der Waals surface area contributed by atoms with Gasteiger partial charge in [0.1, 0.15) is 18.5 Å². The molecule has 1 saturated carbocycles. The minimum atomic E-state index is -3.80. The summed E-state index contributed by atoms with van der Waals surface area (Å²) in [7, 11) is -3.80. The fourth-order valence-corrected chi connectivity index (χ4v) is 4.17. The molecule has 1 aliphatic carbocycles. The van der Waals surface area contributed by atoms with E-state index in [4.69, 9.17) is 25.3 Å². The zero-order valence-electron chi connectivity index (χ0n) is 18.3. The molecular weight excluding hydrogens is 470 g/mol. The molecule has 3 rings (SSSR count). The number of hydrogen-bond donors (Lipinski definition) is 2. The predicted octanol–water partition coefficient (Wildman–Crippen LogP) is 3.97. The largest absolute Gasteiger partial charge is 0.489 e. The molecule has 2 aromatic carbocycles. The van der Waals surface area contributed by atoms with Crippen molar-refractivity contribution in [1.82, 2.24) is 5.32 Å². The van der Waals surface area contributed by atoms with Gasteiger partial charge in [0.05, 0.1) is 30.0 Å². The molecule has 0 saturated heterocycles. The van der Waals surface area contributed by atoms with E-state index < -0.39 is 35.0 Å². The SMILES string of the molecule is CS(=O)(=O)OC[C@@H](NC(=O)OCc1ccccc1)[C@H](O)c1ccc(OC2CCCC2)c(Cl)c1. The second-order valence-electron chi connectivity index (χ2n) is 7.96. The molecule has 1 amide bonds. The third-order valence-electron chi connectivity index (χ3n) is 5.25. The molecule has 33 heavy (non-hydrogen) atoms. The second kappa shape index (κ2) is 11.7. The minimum absolute atomic E-state index is 0.0153. The van der Waals surface area contributed by atoms with Crippen LogP contribution in [0.2, 0.25) is 5.02 Å². The van der Waals surface area contributed by atoms with Crippen molar-refractivity contribution in [2.45, 2.75) is 50.5 Å². The van der Waals surface area contributed by atoms with Crippen LogP contribution in [0, 0.1) is 0 Å². The Labute approximate surface area is 198 Å². The third kappa shape index (κ3) is 8.19. The number of alkyl carbamates (subject to hydrolysis) is 1. The van der Waals surface area contributed by atoms with E-state index in [-0.39, 0.29) is 12.7 Å². The summed E-state index contributed by atoms with van der Waals surface area (Å²) in [6.45, 7) is -0.472. The fraction of sp³-hybridized carbons (Fsp3) is 0.435. The van der Waals surface area contributed by atoms with Crippen LogP contribution in [0.1, 0.15) is 42.9 Å². The molecule has 2 atom stereocenters. The number of carbonyl (C=O) groups excluding carboxylic acids is 1. The van der Waals surface area contributed by atoms with E-state index in [1.165, 1.54) is 6.07 Å². The Morgan fingerprint density at radius 1 is 1.18 bits per heavy atom. The van der Waals surface area contributed by atoms with E-state index in [1.807, 2.05) is 18.2 Å². The number of halogens is 1. The molecule has 0 aliphatic heterocycles. The van der Waals surface area contributed by atoms with Gasteiger partial charge in [-0.25, -0.2) is 4.79 Å². The molecule has 0 spiro atoms. The molecule has 180 valence electrons. The quantitative estimate of drug-likeness (QED) is 0.478. The van der Waals surface area contributed by atoms with E-state index >= 15 is 0 Å². The molecule has 2 aromatic rings. The number of aliphatic hydroxyl groups excluding tert-OH is 1. The molecule has 8 nitrogen and oxygen atoms in total. The van der Waals surface area contributed by atoms with Crippen LogP contribution in [-0.2, 0) is 25.6 Å². The summed E-state index contributed by atoms with van der Waals surface area (Å²) >= 11 is 6.35. The number of ether oxygens (including phenoxy) is 2. The molecule has 0 aromatic heterocycles. The number of aliphatic hydroxyl groups is 1. The van der Waals surface area contributed by atoms with E-state index in [2.05, 4.69) is 5.32 Å². The van der Waals surface area contributed by atoms with E-state index in [0.717, 1.165) is 37.5 Å². The summed E-state index contributed by atoms with van der Waals surface area (Å²) < 4.78 is 38.9. The van der Waals surface area contributed by atoms with Crippen molar-refractivity contribution in [2.24, 2.45) is 0 Å². The van der Waals surface area contributed by atoms with E-state index in [9.17, 15) is 18.3 Å². The second-order valence-corrected chi connectivity index (χ2v) is 10.0. The smallest absolute Gasteiger partial charge is 0.407 e. The van der Waals surface area contributed by atoms with Crippen LogP contribution in [-0.4, -0.2) is 44.6 Å². The number of rotatable bonds is 10. The molecule has 0 radical (unpaired) electrons. The lowest BCUT2D eigenvalue weighted by Crippen LogP contribution is -2.43. The van der Waals surface area contributed by atoms with Gasteiger partial charge in [0.2, 0.25) is 0 Å². The van der Waals surface area contributed by atoms with Gasteiger partial charge in [0.25, 0.3) is 10.1 Å². The van der Waals surface area contributed by atoms with Gasteiger partial charge in [0, 0.05) is 0 Å². The first kappa shape index (κ1) is 25.3. The number of benzene rings is 2. The first-order chi connectivity index (χ1) is 15.7.